The topological polar surface area (TPSA) is 84.4 Å². The van der Waals surface area contributed by atoms with Crippen molar-refractivity contribution in [2.75, 3.05) is 23.9 Å². The molecule has 1 aromatic heterocycles. The summed E-state index contributed by atoms with van der Waals surface area (Å²) in [5.41, 5.74) is 1.36. The van der Waals surface area contributed by atoms with E-state index in [0.29, 0.717) is 23.7 Å². The Morgan fingerprint density at radius 1 is 1.17 bits per heavy atom. The van der Waals surface area contributed by atoms with Crippen LogP contribution in [0.1, 0.15) is 27.7 Å². The lowest BCUT2D eigenvalue weighted by molar-refractivity contribution is -0.117. The van der Waals surface area contributed by atoms with Gasteiger partial charge in [-0.1, -0.05) is 27.3 Å². The highest BCUT2D eigenvalue weighted by molar-refractivity contribution is 9.10. The maximum atomic E-state index is 12.5. The molecule has 0 saturated carbocycles. The van der Waals surface area contributed by atoms with Gasteiger partial charge in [0, 0.05) is 34.6 Å². The minimum Gasteiger partial charge on any atom is -0.497 e. The van der Waals surface area contributed by atoms with Gasteiger partial charge in [0.05, 0.1) is 7.11 Å². The van der Waals surface area contributed by atoms with Gasteiger partial charge >= 0.3 is 0 Å². The minimum atomic E-state index is -0.248. The zero-order valence-corrected chi connectivity index (χ0v) is 17.9. The smallest absolute Gasteiger partial charge is 0.257 e. The summed E-state index contributed by atoms with van der Waals surface area (Å²) in [6.07, 6.45) is 0.362. The van der Waals surface area contributed by atoms with Crippen LogP contribution in [0.15, 0.2) is 53.0 Å². The molecule has 0 radical (unpaired) electrons. The van der Waals surface area contributed by atoms with E-state index in [0.717, 1.165) is 20.9 Å². The molecule has 2 aromatic carbocycles. The van der Waals surface area contributed by atoms with Crippen LogP contribution in [-0.4, -0.2) is 35.7 Å². The minimum absolute atomic E-state index is 0.0378. The first-order valence-electron chi connectivity index (χ1n) is 8.88. The Morgan fingerprint density at radius 3 is 2.59 bits per heavy atom. The van der Waals surface area contributed by atoms with Gasteiger partial charge in [-0.05, 0) is 48.5 Å². The quantitative estimate of drug-likeness (QED) is 0.604. The number of rotatable bonds is 5. The van der Waals surface area contributed by atoms with E-state index in [9.17, 15) is 9.59 Å². The van der Waals surface area contributed by atoms with Crippen LogP contribution in [0, 0.1) is 0 Å². The Bertz CT molecular complexity index is 1040. The summed E-state index contributed by atoms with van der Waals surface area (Å²) in [4.78, 5) is 26.6. The van der Waals surface area contributed by atoms with Crippen molar-refractivity contribution in [3.8, 4) is 5.75 Å². The third-order valence-corrected chi connectivity index (χ3v) is 6.16. The number of amides is 2. The van der Waals surface area contributed by atoms with Crippen molar-refractivity contribution in [2.45, 2.75) is 12.3 Å². The maximum absolute atomic E-state index is 12.5. The van der Waals surface area contributed by atoms with Gasteiger partial charge in [-0.15, -0.1) is 10.2 Å². The molecule has 1 atom stereocenters. The normalized spacial score (nSPS) is 16.1. The summed E-state index contributed by atoms with van der Waals surface area (Å²) in [7, 11) is 1.61. The summed E-state index contributed by atoms with van der Waals surface area (Å²) in [5.74, 6) is 0.478. The molecule has 1 aliphatic rings. The number of nitrogens with zero attached hydrogens (tertiary/aromatic N) is 3. The Labute approximate surface area is 179 Å². The first-order chi connectivity index (χ1) is 14.0. The van der Waals surface area contributed by atoms with Crippen molar-refractivity contribution in [3.63, 3.8) is 0 Å². The van der Waals surface area contributed by atoms with E-state index in [2.05, 4.69) is 31.4 Å². The average molecular weight is 473 g/mol. The molecule has 1 aliphatic heterocycles. The molecule has 7 nitrogen and oxygen atoms in total. The lowest BCUT2D eigenvalue weighted by Gasteiger charge is -2.16. The number of hydrogen-bond acceptors (Lipinski definition) is 6. The second-order valence-corrected chi connectivity index (χ2v) is 8.43. The maximum Gasteiger partial charge on any atom is 0.257 e. The van der Waals surface area contributed by atoms with Gasteiger partial charge < -0.3 is 9.64 Å². The van der Waals surface area contributed by atoms with E-state index < -0.39 is 0 Å². The van der Waals surface area contributed by atoms with Gasteiger partial charge in [-0.25, -0.2) is 0 Å². The second kappa shape index (κ2) is 8.30. The van der Waals surface area contributed by atoms with Gasteiger partial charge in [0.2, 0.25) is 11.0 Å². The number of benzene rings is 2. The Morgan fingerprint density at radius 2 is 1.90 bits per heavy atom. The van der Waals surface area contributed by atoms with Crippen LogP contribution in [0.25, 0.3) is 0 Å². The molecular formula is C20H17BrN4O3S. The van der Waals surface area contributed by atoms with Crippen LogP contribution < -0.4 is 15.0 Å². The van der Waals surface area contributed by atoms with E-state index in [1.54, 1.807) is 36.3 Å². The summed E-state index contributed by atoms with van der Waals surface area (Å²) >= 11 is 4.65. The highest BCUT2D eigenvalue weighted by Crippen LogP contribution is 2.34. The molecule has 2 amide bonds. The number of aromatic nitrogens is 2. The molecule has 1 N–H and O–H groups in total. The van der Waals surface area contributed by atoms with E-state index in [1.807, 2.05) is 24.3 Å². The summed E-state index contributed by atoms with van der Waals surface area (Å²) in [5, 5.41) is 12.2. The van der Waals surface area contributed by atoms with Crippen molar-refractivity contribution in [1.82, 2.24) is 10.2 Å². The summed E-state index contributed by atoms with van der Waals surface area (Å²) < 4.78 is 6.07. The summed E-state index contributed by atoms with van der Waals surface area (Å²) in [6, 6.07) is 14.4. The Balaban J connectivity index is 1.43. The van der Waals surface area contributed by atoms with Crippen molar-refractivity contribution in [3.05, 3.63) is 63.6 Å². The molecule has 9 heteroatoms. The fraction of sp³-hybridized carbons (Fsp3) is 0.200. The molecular weight excluding hydrogens is 456 g/mol. The molecule has 1 fully saturated rings. The number of nitrogens with one attached hydrogen (secondary N) is 1. The highest BCUT2D eigenvalue weighted by Gasteiger charge is 2.34. The van der Waals surface area contributed by atoms with Gasteiger partial charge in [0.15, 0.2) is 0 Å². The van der Waals surface area contributed by atoms with Crippen molar-refractivity contribution in [2.24, 2.45) is 0 Å². The zero-order chi connectivity index (χ0) is 20.4. The number of carbonyl (C=O) groups excluding carboxylic acids is 2. The molecule has 1 unspecified atom stereocenters. The van der Waals surface area contributed by atoms with Crippen LogP contribution in [0.3, 0.4) is 0 Å². The Hall–Kier alpha value is -2.78. The van der Waals surface area contributed by atoms with Crippen LogP contribution in [-0.2, 0) is 4.79 Å². The predicted octanol–water partition coefficient (Wildman–Crippen LogP) is 4.08. The van der Waals surface area contributed by atoms with Crippen LogP contribution in [0.5, 0.6) is 5.75 Å². The SMILES string of the molecule is COc1ccc(N2CC(c3nnc(NC(=O)c4ccc(Br)cc4)s3)CC2=O)cc1. The van der Waals surface area contributed by atoms with Crippen LogP contribution in [0.2, 0.25) is 0 Å². The number of hydrogen-bond donors (Lipinski definition) is 1. The standard InChI is InChI=1S/C20H17BrN4O3S/c1-28-16-8-6-15(7-9-16)25-11-13(10-17(25)26)19-23-24-20(29-19)22-18(27)12-2-4-14(21)5-3-12/h2-9,13H,10-11H2,1H3,(H,22,24,27). The van der Waals surface area contributed by atoms with E-state index in [4.69, 9.17) is 4.74 Å². The number of anilines is 2. The molecule has 0 spiro atoms. The largest absolute Gasteiger partial charge is 0.497 e. The first kappa shape index (κ1) is 19.5. The molecule has 4 rings (SSSR count). The number of carbonyl (C=O) groups is 2. The van der Waals surface area contributed by atoms with Gasteiger partial charge in [0.1, 0.15) is 10.8 Å². The molecule has 0 aliphatic carbocycles. The van der Waals surface area contributed by atoms with Crippen molar-refractivity contribution < 1.29 is 14.3 Å². The fourth-order valence-corrected chi connectivity index (χ4v) is 4.20. The number of halogens is 1. The monoisotopic (exact) mass is 472 g/mol. The Kier molecular flexibility index (Phi) is 5.59. The number of ether oxygens (including phenoxy) is 1. The van der Waals surface area contributed by atoms with Gasteiger partial charge in [0.25, 0.3) is 5.91 Å². The third-order valence-electron chi connectivity index (χ3n) is 4.63. The van der Waals surface area contributed by atoms with Gasteiger partial charge in [-0.3, -0.25) is 14.9 Å². The zero-order valence-electron chi connectivity index (χ0n) is 15.5. The molecule has 2 heterocycles. The van der Waals surface area contributed by atoms with Gasteiger partial charge in [-0.2, -0.15) is 0 Å². The lowest BCUT2D eigenvalue weighted by Crippen LogP contribution is -2.24. The second-order valence-electron chi connectivity index (χ2n) is 6.51. The van der Waals surface area contributed by atoms with Crippen LogP contribution >= 0.6 is 27.3 Å². The summed E-state index contributed by atoms with van der Waals surface area (Å²) in [6.45, 7) is 0.528. The number of methoxy groups -OCH3 is 1. The van der Waals surface area contributed by atoms with E-state index in [1.165, 1.54) is 11.3 Å². The average Bonchev–Trinajstić information content (AvgIpc) is 3.35. The van der Waals surface area contributed by atoms with E-state index >= 15 is 0 Å². The van der Waals surface area contributed by atoms with E-state index in [-0.39, 0.29) is 17.7 Å². The van der Waals surface area contributed by atoms with Crippen molar-refractivity contribution >= 4 is 49.9 Å². The molecule has 0 bridgehead atoms. The molecule has 29 heavy (non-hydrogen) atoms. The molecule has 3 aromatic rings. The first-order valence-corrected chi connectivity index (χ1v) is 10.5. The molecule has 1 saturated heterocycles. The predicted molar refractivity (Wildman–Crippen MR) is 115 cm³/mol. The highest BCUT2D eigenvalue weighted by atomic mass is 79.9. The third kappa shape index (κ3) is 4.30. The lowest BCUT2D eigenvalue weighted by atomic mass is 10.1. The van der Waals surface area contributed by atoms with Crippen molar-refractivity contribution in [1.29, 1.82) is 0 Å². The van der Waals surface area contributed by atoms with Crippen LogP contribution in [0.4, 0.5) is 10.8 Å². The fourth-order valence-electron chi connectivity index (χ4n) is 3.11. The molecule has 148 valence electrons.